The van der Waals surface area contributed by atoms with E-state index in [1.54, 1.807) is 5.38 Å². The third-order valence-electron chi connectivity index (χ3n) is 3.46. The van der Waals surface area contributed by atoms with Gasteiger partial charge in [-0.2, -0.15) is 0 Å². The molecular weight excluding hydrogens is 282 g/mol. The molecular formula is C12H21N3O2S2. The van der Waals surface area contributed by atoms with Gasteiger partial charge in [-0.25, -0.2) is 13.1 Å². The van der Waals surface area contributed by atoms with E-state index in [9.17, 15) is 8.42 Å². The van der Waals surface area contributed by atoms with Crippen molar-refractivity contribution in [3.63, 3.8) is 0 Å². The number of anilines is 1. The summed E-state index contributed by atoms with van der Waals surface area (Å²) in [6.45, 7) is 5.62. The standard InChI is InChI=1S/C12H21N3O2S2/c1-10-2-5-15(6-3-10)7-4-14-19(16,17)12-8-11(13)9-18-12/h8-10,14H,2-7,13H2,1H3. The zero-order valence-corrected chi connectivity index (χ0v) is 12.8. The Balaban J connectivity index is 1.79. The van der Waals surface area contributed by atoms with Crippen LogP contribution in [-0.4, -0.2) is 39.5 Å². The summed E-state index contributed by atoms with van der Waals surface area (Å²) in [6, 6.07) is 1.50. The van der Waals surface area contributed by atoms with Crippen molar-refractivity contribution in [3.05, 3.63) is 11.4 Å². The fraction of sp³-hybridized carbons (Fsp3) is 0.667. The van der Waals surface area contributed by atoms with Crippen molar-refractivity contribution >= 4 is 27.0 Å². The van der Waals surface area contributed by atoms with Gasteiger partial charge >= 0.3 is 0 Å². The van der Waals surface area contributed by atoms with Gasteiger partial charge in [-0.1, -0.05) is 6.92 Å². The second-order valence-corrected chi connectivity index (χ2v) is 8.03. The average Bonchev–Trinajstić information content (AvgIpc) is 2.79. The Kier molecular flexibility index (Phi) is 4.83. The first-order chi connectivity index (χ1) is 8.97. The number of nitrogen functional groups attached to an aromatic ring is 1. The SMILES string of the molecule is CC1CCN(CCNS(=O)(=O)c2cc(N)cs2)CC1. The van der Waals surface area contributed by atoms with Crippen molar-refractivity contribution in [1.82, 2.24) is 9.62 Å². The molecule has 7 heteroatoms. The van der Waals surface area contributed by atoms with E-state index in [1.165, 1.54) is 18.9 Å². The Morgan fingerprint density at radius 2 is 2.16 bits per heavy atom. The van der Waals surface area contributed by atoms with E-state index in [4.69, 9.17) is 5.73 Å². The van der Waals surface area contributed by atoms with Crippen LogP contribution >= 0.6 is 11.3 Å². The molecule has 1 aliphatic heterocycles. The van der Waals surface area contributed by atoms with E-state index in [2.05, 4.69) is 16.5 Å². The maximum Gasteiger partial charge on any atom is 0.250 e. The summed E-state index contributed by atoms with van der Waals surface area (Å²) in [4.78, 5) is 2.31. The van der Waals surface area contributed by atoms with E-state index >= 15 is 0 Å². The molecule has 1 saturated heterocycles. The topological polar surface area (TPSA) is 75.4 Å². The Morgan fingerprint density at radius 3 is 2.74 bits per heavy atom. The van der Waals surface area contributed by atoms with Crippen molar-refractivity contribution in [2.24, 2.45) is 5.92 Å². The second kappa shape index (κ2) is 6.21. The molecule has 19 heavy (non-hydrogen) atoms. The minimum Gasteiger partial charge on any atom is -0.398 e. The van der Waals surface area contributed by atoms with Crippen LogP contribution in [0.5, 0.6) is 0 Å². The van der Waals surface area contributed by atoms with Crippen molar-refractivity contribution in [3.8, 4) is 0 Å². The predicted molar refractivity (Wildman–Crippen MR) is 78.8 cm³/mol. The van der Waals surface area contributed by atoms with Gasteiger partial charge in [0.15, 0.2) is 0 Å². The van der Waals surface area contributed by atoms with Crippen LogP contribution in [0.2, 0.25) is 0 Å². The lowest BCUT2D eigenvalue weighted by molar-refractivity contribution is 0.195. The van der Waals surface area contributed by atoms with Gasteiger partial charge in [-0.15, -0.1) is 11.3 Å². The molecule has 0 aliphatic carbocycles. The number of hydrogen-bond donors (Lipinski definition) is 2. The van der Waals surface area contributed by atoms with Crippen LogP contribution in [0.15, 0.2) is 15.7 Å². The van der Waals surface area contributed by atoms with Crippen LogP contribution in [0.3, 0.4) is 0 Å². The summed E-state index contributed by atoms with van der Waals surface area (Å²) >= 11 is 1.15. The summed E-state index contributed by atoms with van der Waals surface area (Å²) < 4.78 is 26.9. The minimum absolute atomic E-state index is 0.289. The number of likely N-dealkylation sites (tertiary alicyclic amines) is 1. The molecule has 108 valence electrons. The highest BCUT2D eigenvalue weighted by atomic mass is 32.2. The number of piperidine rings is 1. The van der Waals surface area contributed by atoms with Gasteiger partial charge in [0.2, 0.25) is 10.0 Å². The minimum atomic E-state index is -3.39. The quantitative estimate of drug-likeness (QED) is 0.861. The van der Waals surface area contributed by atoms with Crippen molar-refractivity contribution in [1.29, 1.82) is 0 Å². The van der Waals surface area contributed by atoms with Crippen LogP contribution in [0, 0.1) is 5.92 Å². The number of hydrogen-bond acceptors (Lipinski definition) is 5. The molecule has 0 saturated carbocycles. The van der Waals surface area contributed by atoms with Crippen LogP contribution < -0.4 is 10.5 Å². The Bertz CT molecular complexity index is 505. The van der Waals surface area contributed by atoms with E-state index in [0.29, 0.717) is 12.2 Å². The third kappa shape index (κ3) is 4.17. The number of rotatable bonds is 5. The molecule has 5 nitrogen and oxygen atoms in total. The van der Waals surface area contributed by atoms with Gasteiger partial charge < -0.3 is 10.6 Å². The average molecular weight is 303 g/mol. The lowest BCUT2D eigenvalue weighted by Gasteiger charge is -2.30. The highest BCUT2D eigenvalue weighted by Gasteiger charge is 2.18. The maximum absolute atomic E-state index is 12.0. The predicted octanol–water partition coefficient (Wildman–Crippen LogP) is 1.34. The van der Waals surface area contributed by atoms with Crippen molar-refractivity contribution in [2.75, 3.05) is 31.9 Å². The summed E-state index contributed by atoms with van der Waals surface area (Å²) in [6.07, 6.45) is 2.41. The molecule has 0 spiro atoms. The van der Waals surface area contributed by atoms with E-state index in [-0.39, 0.29) is 4.21 Å². The Hall–Kier alpha value is -0.630. The molecule has 1 aliphatic rings. The molecule has 0 unspecified atom stereocenters. The number of nitrogens with two attached hydrogens (primary N) is 1. The van der Waals surface area contributed by atoms with Gasteiger partial charge in [0.25, 0.3) is 0 Å². The molecule has 0 radical (unpaired) electrons. The Labute approximate surface area is 118 Å². The smallest absolute Gasteiger partial charge is 0.250 e. The number of sulfonamides is 1. The van der Waals surface area contributed by atoms with Crippen LogP contribution in [0.1, 0.15) is 19.8 Å². The molecule has 1 aromatic rings. The van der Waals surface area contributed by atoms with E-state index in [0.717, 1.165) is 36.9 Å². The van der Waals surface area contributed by atoms with E-state index < -0.39 is 10.0 Å². The van der Waals surface area contributed by atoms with Crippen LogP contribution in [-0.2, 0) is 10.0 Å². The molecule has 2 heterocycles. The number of nitrogens with zero attached hydrogens (tertiary/aromatic N) is 1. The van der Waals surface area contributed by atoms with E-state index in [1.807, 2.05) is 0 Å². The summed E-state index contributed by atoms with van der Waals surface area (Å²) in [5, 5.41) is 1.64. The molecule has 3 N–H and O–H groups in total. The molecule has 1 fully saturated rings. The largest absolute Gasteiger partial charge is 0.398 e. The molecule has 0 aromatic carbocycles. The third-order valence-corrected chi connectivity index (χ3v) is 6.38. The first-order valence-corrected chi connectivity index (χ1v) is 8.90. The highest BCUT2D eigenvalue weighted by molar-refractivity contribution is 7.91. The zero-order chi connectivity index (χ0) is 13.9. The van der Waals surface area contributed by atoms with Gasteiger partial charge in [0, 0.05) is 24.2 Å². The molecule has 0 atom stereocenters. The normalized spacial score (nSPS) is 18.8. The second-order valence-electron chi connectivity index (χ2n) is 5.12. The first kappa shape index (κ1) is 14.8. The van der Waals surface area contributed by atoms with Gasteiger partial charge in [-0.05, 0) is 37.9 Å². The summed E-state index contributed by atoms with van der Waals surface area (Å²) in [5.41, 5.74) is 6.04. The van der Waals surface area contributed by atoms with Gasteiger partial charge in [0.05, 0.1) is 0 Å². The monoisotopic (exact) mass is 303 g/mol. The fourth-order valence-electron chi connectivity index (χ4n) is 2.17. The van der Waals surface area contributed by atoms with Crippen LogP contribution in [0.4, 0.5) is 5.69 Å². The van der Waals surface area contributed by atoms with Gasteiger partial charge in [0.1, 0.15) is 4.21 Å². The van der Waals surface area contributed by atoms with Crippen molar-refractivity contribution in [2.45, 2.75) is 24.0 Å². The lowest BCUT2D eigenvalue weighted by Crippen LogP contribution is -2.39. The Morgan fingerprint density at radius 1 is 1.47 bits per heavy atom. The number of nitrogens with one attached hydrogen (secondary N) is 1. The molecule has 2 rings (SSSR count). The maximum atomic E-state index is 12.0. The lowest BCUT2D eigenvalue weighted by atomic mass is 9.99. The molecule has 1 aromatic heterocycles. The first-order valence-electron chi connectivity index (χ1n) is 6.53. The summed E-state index contributed by atoms with van der Waals surface area (Å²) in [5.74, 6) is 0.794. The van der Waals surface area contributed by atoms with Crippen molar-refractivity contribution < 1.29 is 8.42 Å². The van der Waals surface area contributed by atoms with Crippen LogP contribution in [0.25, 0.3) is 0 Å². The van der Waals surface area contributed by atoms with Gasteiger partial charge in [-0.3, -0.25) is 0 Å². The number of thiophene rings is 1. The highest BCUT2D eigenvalue weighted by Crippen LogP contribution is 2.21. The fourth-order valence-corrected chi connectivity index (χ4v) is 4.31. The molecule has 0 amide bonds. The summed E-state index contributed by atoms with van der Waals surface area (Å²) in [7, 11) is -3.39. The molecule has 0 bridgehead atoms. The zero-order valence-electron chi connectivity index (χ0n) is 11.1.